The van der Waals surface area contributed by atoms with Crippen molar-refractivity contribution in [3.63, 3.8) is 0 Å². The maximum absolute atomic E-state index is 12.7. The molecule has 0 spiro atoms. The second-order valence-electron chi connectivity index (χ2n) is 5.26. The number of rotatable bonds is 5. The largest absolute Gasteiger partial charge is 0.480 e. The molecule has 1 unspecified atom stereocenters. The van der Waals surface area contributed by atoms with Gasteiger partial charge in [-0.05, 0) is 25.7 Å². The Balaban J connectivity index is 2.05. The third-order valence-electron chi connectivity index (χ3n) is 3.98. The number of carbonyl (C=O) groups is 2. The lowest BCUT2D eigenvalue weighted by atomic mass is 9.91. The van der Waals surface area contributed by atoms with Gasteiger partial charge in [0.15, 0.2) is 0 Å². The number of aliphatic hydroxyl groups is 1. The summed E-state index contributed by atoms with van der Waals surface area (Å²) >= 11 is 1.58. The molecule has 114 valence electrons. The molecule has 1 heterocycles. The molecule has 2 rings (SSSR count). The molecule has 7 heteroatoms. The molecule has 1 aliphatic heterocycles. The maximum atomic E-state index is 12.7. The fourth-order valence-electron chi connectivity index (χ4n) is 2.58. The minimum absolute atomic E-state index is 0.0503. The van der Waals surface area contributed by atoms with E-state index in [1.807, 2.05) is 0 Å². The molecular formula is C13H22N2O4S. The van der Waals surface area contributed by atoms with E-state index in [0.29, 0.717) is 25.3 Å². The van der Waals surface area contributed by atoms with E-state index in [-0.39, 0.29) is 18.7 Å². The molecule has 2 fully saturated rings. The summed E-state index contributed by atoms with van der Waals surface area (Å²) in [5.41, 5.74) is 0. The van der Waals surface area contributed by atoms with E-state index in [9.17, 15) is 14.7 Å². The molecule has 0 aromatic rings. The first-order chi connectivity index (χ1) is 9.65. The Hall–Kier alpha value is -0.950. The van der Waals surface area contributed by atoms with Gasteiger partial charge in [-0.1, -0.05) is 0 Å². The van der Waals surface area contributed by atoms with Crippen LogP contribution in [0, 0.1) is 0 Å². The minimum Gasteiger partial charge on any atom is -0.480 e. The number of thioether (sulfide) groups is 1. The Labute approximate surface area is 123 Å². The van der Waals surface area contributed by atoms with Crippen LogP contribution in [0.5, 0.6) is 0 Å². The van der Waals surface area contributed by atoms with Gasteiger partial charge in [-0.3, -0.25) is 0 Å². The van der Waals surface area contributed by atoms with Gasteiger partial charge in [-0.15, -0.1) is 0 Å². The molecular weight excluding hydrogens is 280 g/mol. The molecule has 1 saturated carbocycles. The molecule has 6 nitrogen and oxygen atoms in total. The molecule has 0 aromatic carbocycles. The summed E-state index contributed by atoms with van der Waals surface area (Å²) in [6.45, 7) is 1.05. The van der Waals surface area contributed by atoms with Gasteiger partial charge in [0.1, 0.15) is 6.04 Å². The molecule has 1 saturated heterocycles. The van der Waals surface area contributed by atoms with Gasteiger partial charge >= 0.3 is 12.0 Å². The number of urea groups is 1. The van der Waals surface area contributed by atoms with Crippen LogP contribution in [0.3, 0.4) is 0 Å². The highest BCUT2D eigenvalue weighted by Gasteiger charge is 2.37. The zero-order valence-electron chi connectivity index (χ0n) is 11.5. The van der Waals surface area contributed by atoms with Crippen molar-refractivity contribution in [3.05, 3.63) is 0 Å². The summed E-state index contributed by atoms with van der Waals surface area (Å²) in [4.78, 5) is 27.2. The van der Waals surface area contributed by atoms with Gasteiger partial charge < -0.3 is 20.0 Å². The standard InChI is InChI=1S/C13H22N2O4S/c16-7-2-5-14(10-3-1-4-10)13(19)15-6-8-20-9-11(15)12(17)18/h10-11,16H,1-9H2,(H,17,18). The Bertz CT molecular complexity index is 362. The van der Waals surface area contributed by atoms with Crippen molar-refractivity contribution >= 4 is 23.8 Å². The Kier molecular flexibility index (Phi) is 5.54. The number of carboxylic acids is 1. The SMILES string of the molecule is O=C(O)C1CSCCN1C(=O)N(CCCO)C1CCC1. The number of aliphatic hydroxyl groups excluding tert-OH is 1. The zero-order chi connectivity index (χ0) is 14.5. The average Bonchev–Trinajstić information content (AvgIpc) is 2.40. The van der Waals surface area contributed by atoms with Gasteiger partial charge in [-0.25, -0.2) is 9.59 Å². The molecule has 20 heavy (non-hydrogen) atoms. The first-order valence-corrected chi connectivity index (χ1v) is 8.29. The lowest BCUT2D eigenvalue weighted by Crippen LogP contribution is -2.58. The molecule has 0 aromatic heterocycles. The smallest absolute Gasteiger partial charge is 0.327 e. The Morgan fingerprint density at radius 2 is 2.10 bits per heavy atom. The van der Waals surface area contributed by atoms with Crippen LogP contribution in [-0.4, -0.2) is 75.3 Å². The summed E-state index contributed by atoms with van der Waals surface area (Å²) in [6, 6.07) is -0.674. The van der Waals surface area contributed by atoms with Crippen LogP contribution in [0.15, 0.2) is 0 Å². The predicted octanol–water partition coefficient (Wildman–Crippen LogP) is 0.845. The van der Waals surface area contributed by atoms with E-state index in [0.717, 1.165) is 25.0 Å². The lowest BCUT2D eigenvalue weighted by molar-refractivity contribution is -0.141. The van der Waals surface area contributed by atoms with Crippen LogP contribution < -0.4 is 0 Å². The van der Waals surface area contributed by atoms with Crippen molar-refractivity contribution in [2.45, 2.75) is 37.8 Å². The van der Waals surface area contributed by atoms with E-state index in [1.165, 1.54) is 4.90 Å². The van der Waals surface area contributed by atoms with Crippen molar-refractivity contribution < 1.29 is 19.8 Å². The molecule has 1 aliphatic carbocycles. The topological polar surface area (TPSA) is 81.1 Å². The molecule has 0 bridgehead atoms. The number of aliphatic carboxylic acids is 1. The first kappa shape index (κ1) is 15.4. The third kappa shape index (κ3) is 3.38. The molecule has 1 atom stereocenters. The fraction of sp³-hybridized carbons (Fsp3) is 0.846. The van der Waals surface area contributed by atoms with E-state index in [4.69, 9.17) is 5.11 Å². The predicted molar refractivity (Wildman–Crippen MR) is 76.9 cm³/mol. The summed E-state index contributed by atoms with van der Waals surface area (Å²) in [7, 11) is 0. The highest BCUT2D eigenvalue weighted by Crippen LogP contribution is 2.27. The molecule has 2 amide bonds. The second kappa shape index (κ2) is 7.17. The number of nitrogens with zero attached hydrogens (tertiary/aromatic N) is 2. The summed E-state index contributed by atoms with van der Waals surface area (Å²) in [5.74, 6) is 0.314. The lowest BCUT2D eigenvalue weighted by Gasteiger charge is -2.42. The monoisotopic (exact) mass is 302 g/mol. The quantitative estimate of drug-likeness (QED) is 0.787. The van der Waals surface area contributed by atoms with Crippen molar-refractivity contribution in [1.82, 2.24) is 9.80 Å². The van der Waals surface area contributed by atoms with Crippen LogP contribution in [0.2, 0.25) is 0 Å². The highest BCUT2D eigenvalue weighted by molar-refractivity contribution is 7.99. The van der Waals surface area contributed by atoms with Gasteiger partial charge in [0.25, 0.3) is 0 Å². The minimum atomic E-state index is -0.929. The van der Waals surface area contributed by atoms with E-state index >= 15 is 0 Å². The van der Waals surface area contributed by atoms with E-state index < -0.39 is 12.0 Å². The van der Waals surface area contributed by atoms with Crippen LogP contribution in [0.4, 0.5) is 4.79 Å². The Morgan fingerprint density at radius 1 is 1.35 bits per heavy atom. The molecule has 2 N–H and O–H groups in total. The van der Waals surface area contributed by atoms with Crippen molar-refractivity contribution in [1.29, 1.82) is 0 Å². The molecule has 2 aliphatic rings. The maximum Gasteiger partial charge on any atom is 0.327 e. The number of carbonyl (C=O) groups excluding carboxylic acids is 1. The van der Waals surface area contributed by atoms with Crippen molar-refractivity contribution in [2.75, 3.05) is 31.2 Å². The average molecular weight is 302 g/mol. The second-order valence-corrected chi connectivity index (χ2v) is 6.41. The van der Waals surface area contributed by atoms with Gasteiger partial charge in [0, 0.05) is 37.2 Å². The van der Waals surface area contributed by atoms with Crippen LogP contribution >= 0.6 is 11.8 Å². The van der Waals surface area contributed by atoms with Crippen molar-refractivity contribution in [2.24, 2.45) is 0 Å². The summed E-state index contributed by atoms with van der Waals surface area (Å²) < 4.78 is 0. The summed E-state index contributed by atoms with van der Waals surface area (Å²) in [5, 5.41) is 18.2. The fourth-order valence-corrected chi connectivity index (χ4v) is 3.61. The number of carboxylic acid groups (broad SMARTS) is 1. The van der Waals surface area contributed by atoms with Gasteiger partial charge in [0.05, 0.1) is 0 Å². The number of hydrogen-bond acceptors (Lipinski definition) is 4. The van der Waals surface area contributed by atoms with Gasteiger partial charge in [0.2, 0.25) is 0 Å². The number of amides is 2. The molecule has 0 radical (unpaired) electrons. The third-order valence-corrected chi connectivity index (χ3v) is 5.00. The Morgan fingerprint density at radius 3 is 2.65 bits per heavy atom. The zero-order valence-corrected chi connectivity index (χ0v) is 12.3. The summed E-state index contributed by atoms with van der Waals surface area (Å²) in [6.07, 6.45) is 3.63. The van der Waals surface area contributed by atoms with E-state index in [1.54, 1.807) is 16.7 Å². The van der Waals surface area contributed by atoms with Crippen LogP contribution in [0.1, 0.15) is 25.7 Å². The van der Waals surface area contributed by atoms with E-state index in [2.05, 4.69) is 0 Å². The van der Waals surface area contributed by atoms with Gasteiger partial charge in [-0.2, -0.15) is 11.8 Å². The van der Waals surface area contributed by atoms with Crippen LogP contribution in [0.25, 0.3) is 0 Å². The number of hydrogen-bond donors (Lipinski definition) is 2. The normalized spacial score (nSPS) is 23.2. The van der Waals surface area contributed by atoms with Crippen molar-refractivity contribution in [3.8, 4) is 0 Å². The first-order valence-electron chi connectivity index (χ1n) is 7.13. The highest BCUT2D eigenvalue weighted by atomic mass is 32.2. The van der Waals surface area contributed by atoms with Crippen LogP contribution in [-0.2, 0) is 4.79 Å².